The van der Waals surface area contributed by atoms with Gasteiger partial charge in [0.15, 0.2) is 0 Å². The van der Waals surface area contributed by atoms with Crippen LogP contribution in [0.4, 0.5) is 0 Å². The summed E-state index contributed by atoms with van der Waals surface area (Å²) in [6.07, 6.45) is 1.40. The average molecular weight is 309 g/mol. The van der Waals surface area contributed by atoms with E-state index in [0.29, 0.717) is 6.42 Å². The molecule has 0 amide bonds. The first-order chi connectivity index (χ1) is 10.1. The zero-order chi connectivity index (χ0) is 15.3. The van der Waals surface area contributed by atoms with Crippen LogP contribution in [0.5, 0.6) is 0 Å². The van der Waals surface area contributed by atoms with Gasteiger partial charge in [0.05, 0.1) is 11.8 Å². The van der Waals surface area contributed by atoms with Crippen LogP contribution in [0.25, 0.3) is 11.0 Å². The van der Waals surface area contributed by atoms with Gasteiger partial charge in [0, 0.05) is 11.1 Å². The molecule has 0 aliphatic rings. The molecule has 0 aliphatic heterocycles. The van der Waals surface area contributed by atoms with Gasteiger partial charge in [-0.05, 0) is 31.5 Å². The molecule has 2 aromatic rings. The Labute approximate surface area is 126 Å². The van der Waals surface area contributed by atoms with Crippen molar-refractivity contribution >= 4 is 20.8 Å². The molecule has 0 fully saturated rings. The maximum Gasteiger partial charge on any atom is 0.150 e. The quantitative estimate of drug-likeness (QED) is 0.813. The van der Waals surface area contributed by atoms with Crippen molar-refractivity contribution in [3.8, 4) is 0 Å². The van der Waals surface area contributed by atoms with Gasteiger partial charge in [-0.2, -0.15) is 0 Å². The van der Waals surface area contributed by atoms with Crippen LogP contribution < -0.4 is 5.32 Å². The van der Waals surface area contributed by atoms with Crippen LogP contribution in [0.3, 0.4) is 0 Å². The van der Waals surface area contributed by atoms with Gasteiger partial charge in [0.25, 0.3) is 0 Å². The zero-order valence-corrected chi connectivity index (χ0v) is 13.4. The molecule has 0 saturated carbocycles. The van der Waals surface area contributed by atoms with E-state index in [2.05, 4.69) is 5.32 Å². The van der Waals surface area contributed by atoms with Crippen LogP contribution in [-0.2, 0) is 9.84 Å². The van der Waals surface area contributed by atoms with E-state index in [1.54, 1.807) is 6.92 Å². The van der Waals surface area contributed by atoms with Crippen LogP contribution in [0, 0.1) is 0 Å². The highest BCUT2D eigenvalue weighted by Gasteiger charge is 2.16. The number of benzene rings is 1. The summed E-state index contributed by atoms with van der Waals surface area (Å²) < 4.78 is 29.0. The largest absolute Gasteiger partial charge is 0.459 e. The molecule has 1 unspecified atom stereocenters. The van der Waals surface area contributed by atoms with Crippen molar-refractivity contribution in [1.29, 1.82) is 0 Å². The first-order valence-electron chi connectivity index (χ1n) is 7.48. The lowest BCUT2D eigenvalue weighted by atomic mass is 10.1. The molecule has 0 aliphatic carbocycles. The molecular formula is C16H23NO3S. The van der Waals surface area contributed by atoms with Crippen molar-refractivity contribution in [2.24, 2.45) is 0 Å². The summed E-state index contributed by atoms with van der Waals surface area (Å²) in [6.45, 7) is 4.55. The second-order valence-corrected chi connectivity index (χ2v) is 7.65. The molecule has 0 saturated heterocycles. The highest BCUT2D eigenvalue weighted by atomic mass is 32.2. The third kappa shape index (κ3) is 4.32. The molecule has 0 bridgehead atoms. The zero-order valence-electron chi connectivity index (χ0n) is 12.6. The second kappa shape index (κ2) is 7.09. The minimum absolute atomic E-state index is 0.0643. The third-order valence-corrected chi connectivity index (χ3v) is 5.42. The molecule has 4 nitrogen and oxygen atoms in total. The fourth-order valence-electron chi connectivity index (χ4n) is 2.42. The molecule has 1 heterocycles. The Balaban J connectivity index is 2.07. The van der Waals surface area contributed by atoms with Crippen molar-refractivity contribution in [2.75, 3.05) is 18.1 Å². The summed E-state index contributed by atoms with van der Waals surface area (Å²) in [5.74, 6) is 1.33. The van der Waals surface area contributed by atoms with Crippen molar-refractivity contribution in [1.82, 2.24) is 5.32 Å². The normalized spacial score (nSPS) is 13.6. The maximum absolute atomic E-state index is 11.6. The Kier molecular flexibility index (Phi) is 5.42. The van der Waals surface area contributed by atoms with E-state index in [0.717, 1.165) is 29.7 Å². The minimum Gasteiger partial charge on any atom is -0.459 e. The number of hydrogen-bond donors (Lipinski definition) is 1. The second-order valence-electron chi connectivity index (χ2n) is 5.18. The molecule has 1 N–H and O–H groups in total. The van der Waals surface area contributed by atoms with Gasteiger partial charge < -0.3 is 9.73 Å². The number of hydrogen-bond acceptors (Lipinski definition) is 4. The van der Waals surface area contributed by atoms with Crippen LogP contribution in [0.1, 0.15) is 38.5 Å². The Morgan fingerprint density at radius 3 is 2.67 bits per heavy atom. The van der Waals surface area contributed by atoms with E-state index in [9.17, 15) is 8.42 Å². The number of sulfone groups is 1. The maximum atomic E-state index is 11.6. The Hall–Kier alpha value is -1.33. The highest BCUT2D eigenvalue weighted by molar-refractivity contribution is 7.91. The molecule has 116 valence electrons. The summed E-state index contributed by atoms with van der Waals surface area (Å²) in [6, 6.07) is 10.0. The number of para-hydroxylation sites is 1. The third-order valence-electron chi connectivity index (χ3n) is 3.63. The van der Waals surface area contributed by atoms with Gasteiger partial charge in [-0.1, -0.05) is 32.0 Å². The topological polar surface area (TPSA) is 59.3 Å². The van der Waals surface area contributed by atoms with Crippen LogP contribution in [0.15, 0.2) is 34.7 Å². The van der Waals surface area contributed by atoms with Gasteiger partial charge >= 0.3 is 0 Å². The summed E-state index contributed by atoms with van der Waals surface area (Å²) in [5, 5.41) is 4.46. The average Bonchev–Trinajstić information content (AvgIpc) is 2.90. The van der Waals surface area contributed by atoms with Crippen molar-refractivity contribution in [2.45, 2.75) is 32.7 Å². The molecule has 1 aromatic carbocycles. The monoisotopic (exact) mass is 309 g/mol. The van der Waals surface area contributed by atoms with Gasteiger partial charge in [-0.15, -0.1) is 0 Å². The molecule has 5 heteroatoms. The molecule has 1 atom stereocenters. The van der Waals surface area contributed by atoms with Gasteiger partial charge in [0.1, 0.15) is 21.2 Å². The molecule has 1 aromatic heterocycles. The molecule has 21 heavy (non-hydrogen) atoms. The van der Waals surface area contributed by atoms with E-state index in [1.165, 1.54) is 0 Å². The fraction of sp³-hybridized carbons (Fsp3) is 0.500. The van der Waals surface area contributed by atoms with E-state index in [4.69, 9.17) is 4.42 Å². The van der Waals surface area contributed by atoms with Gasteiger partial charge in [-0.3, -0.25) is 0 Å². The highest BCUT2D eigenvalue weighted by Crippen LogP contribution is 2.26. The van der Waals surface area contributed by atoms with E-state index in [-0.39, 0.29) is 17.5 Å². The van der Waals surface area contributed by atoms with Crippen LogP contribution in [0.2, 0.25) is 0 Å². The molecule has 0 radical (unpaired) electrons. The van der Waals surface area contributed by atoms with Crippen molar-refractivity contribution in [3.05, 3.63) is 36.1 Å². The van der Waals surface area contributed by atoms with Crippen LogP contribution in [-0.4, -0.2) is 26.5 Å². The fourth-order valence-corrected chi connectivity index (χ4v) is 3.31. The first-order valence-corrected chi connectivity index (χ1v) is 9.30. The summed E-state index contributed by atoms with van der Waals surface area (Å²) >= 11 is 0. The number of nitrogens with one attached hydrogen (secondary N) is 1. The molecule has 2 rings (SSSR count). The lowest BCUT2D eigenvalue weighted by molar-refractivity contribution is 0.414. The van der Waals surface area contributed by atoms with E-state index >= 15 is 0 Å². The van der Waals surface area contributed by atoms with E-state index in [1.807, 2.05) is 37.3 Å². The lowest BCUT2D eigenvalue weighted by Gasteiger charge is -2.15. The van der Waals surface area contributed by atoms with Crippen molar-refractivity contribution < 1.29 is 12.8 Å². The summed E-state index contributed by atoms with van der Waals surface area (Å²) in [7, 11) is -2.90. The standard InChI is InChI=1S/C16H23NO3S/c1-3-17-14(9-7-11-21(18,19)4-2)16-12-13-8-5-6-10-15(13)20-16/h5-6,8,10,12,14,17H,3-4,7,9,11H2,1-2H3. The smallest absolute Gasteiger partial charge is 0.150 e. The lowest BCUT2D eigenvalue weighted by Crippen LogP contribution is -2.21. The Bertz CT molecular complexity index is 643. The number of fused-ring (bicyclic) bond motifs is 1. The van der Waals surface area contributed by atoms with Crippen molar-refractivity contribution in [3.63, 3.8) is 0 Å². The minimum atomic E-state index is -2.90. The summed E-state index contributed by atoms with van der Waals surface area (Å²) in [5.41, 5.74) is 0.872. The number of rotatable bonds is 8. The van der Waals surface area contributed by atoms with E-state index < -0.39 is 9.84 Å². The summed E-state index contributed by atoms with van der Waals surface area (Å²) in [4.78, 5) is 0. The Morgan fingerprint density at radius 2 is 2.00 bits per heavy atom. The van der Waals surface area contributed by atoms with Gasteiger partial charge in [0.2, 0.25) is 0 Å². The Morgan fingerprint density at radius 1 is 1.24 bits per heavy atom. The molecular weight excluding hydrogens is 286 g/mol. The molecule has 0 spiro atoms. The number of furan rings is 1. The SMILES string of the molecule is CCNC(CCCS(=O)(=O)CC)c1cc2ccccc2o1. The predicted molar refractivity (Wildman–Crippen MR) is 86.2 cm³/mol. The predicted octanol–water partition coefficient (Wildman–Crippen LogP) is 3.30. The van der Waals surface area contributed by atoms with Gasteiger partial charge in [-0.25, -0.2) is 8.42 Å². The van der Waals surface area contributed by atoms with Crippen LogP contribution >= 0.6 is 0 Å². The first kappa shape index (κ1) is 16.0.